The molecule has 0 aliphatic rings. The minimum atomic E-state index is -3.63. The first kappa shape index (κ1) is 20.5. The van der Waals surface area contributed by atoms with E-state index in [0.29, 0.717) is 11.5 Å². The predicted octanol–water partition coefficient (Wildman–Crippen LogP) is 2.47. The summed E-state index contributed by atoms with van der Waals surface area (Å²) >= 11 is 0. The van der Waals surface area contributed by atoms with Crippen LogP contribution in [0.4, 0.5) is 5.69 Å². The van der Waals surface area contributed by atoms with Crippen LogP contribution in [0.1, 0.15) is 11.5 Å². The van der Waals surface area contributed by atoms with Crippen LogP contribution in [0.2, 0.25) is 0 Å². The molecule has 3 rings (SSSR count). The second-order valence-corrected chi connectivity index (χ2v) is 8.64. The summed E-state index contributed by atoms with van der Waals surface area (Å²) in [6.45, 7) is 1.61. The highest BCUT2D eigenvalue weighted by Crippen LogP contribution is 2.19. The molecule has 0 unspecified atom stereocenters. The number of benzene rings is 2. The highest BCUT2D eigenvalue weighted by atomic mass is 32.2. The van der Waals surface area contributed by atoms with Crippen molar-refractivity contribution in [2.45, 2.75) is 13.5 Å². The number of rotatable bonds is 7. The summed E-state index contributed by atoms with van der Waals surface area (Å²) in [5.41, 5.74) is 2.15. The van der Waals surface area contributed by atoms with E-state index in [9.17, 15) is 13.2 Å². The number of sulfonamides is 1. The lowest BCUT2D eigenvalue weighted by Crippen LogP contribution is -2.41. The summed E-state index contributed by atoms with van der Waals surface area (Å²) < 4.78 is 30.8. The molecule has 1 aromatic heterocycles. The van der Waals surface area contributed by atoms with Gasteiger partial charge in [-0.3, -0.25) is 9.10 Å². The van der Waals surface area contributed by atoms with Crippen LogP contribution in [0.15, 0.2) is 59.1 Å². The molecule has 0 atom stereocenters. The zero-order chi connectivity index (χ0) is 21.0. The van der Waals surface area contributed by atoms with Crippen molar-refractivity contribution in [3.8, 4) is 11.4 Å². The molecule has 0 radical (unpaired) electrons. The molecule has 0 fully saturated rings. The van der Waals surface area contributed by atoms with Gasteiger partial charge in [0.1, 0.15) is 6.54 Å². The first-order valence-corrected chi connectivity index (χ1v) is 10.8. The maximum Gasteiger partial charge on any atom is 0.246 e. The predicted molar refractivity (Wildman–Crippen MR) is 110 cm³/mol. The fourth-order valence-electron chi connectivity index (χ4n) is 2.74. The van der Waals surface area contributed by atoms with Gasteiger partial charge in [0, 0.05) is 12.6 Å². The minimum absolute atomic E-state index is 0.0735. The van der Waals surface area contributed by atoms with Crippen molar-refractivity contribution in [2.75, 3.05) is 24.2 Å². The lowest BCUT2D eigenvalue weighted by molar-refractivity contribution is -0.129. The lowest BCUT2D eigenvalue weighted by Gasteiger charge is -2.24. The number of carbonyl (C=O) groups is 1. The van der Waals surface area contributed by atoms with Gasteiger partial charge in [-0.05, 0) is 24.6 Å². The molecule has 29 heavy (non-hydrogen) atoms. The molecule has 152 valence electrons. The van der Waals surface area contributed by atoms with E-state index in [1.54, 1.807) is 25.2 Å². The molecule has 0 saturated heterocycles. The maximum absolute atomic E-state index is 12.7. The molecular weight excluding hydrogens is 392 g/mol. The minimum Gasteiger partial charge on any atom is -0.337 e. The van der Waals surface area contributed by atoms with Gasteiger partial charge in [-0.1, -0.05) is 47.6 Å². The molecule has 8 nitrogen and oxygen atoms in total. The molecular formula is C20H22N4O4S. The van der Waals surface area contributed by atoms with E-state index in [2.05, 4.69) is 10.1 Å². The highest BCUT2D eigenvalue weighted by Gasteiger charge is 2.23. The van der Waals surface area contributed by atoms with Crippen LogP contribution in [-0.2, 0) is 21.4 Å². The van der Waals surface area contributed by atoms with Gasteiger partial charge in [0.05, 0.1) is 18.5 Å². The highest BCUT2D eigenvalue weighted by molar-refractivity contribution is 7.92. The molecule has 9 heteroatoms. The van der Waals surface area contributed by atoms with Crippen molar-refractivity contribution in [2.24, 2.45) is 0 Å². The van der Waals surface area contributed by atoms with Crippen LogP contribution in [0.3, 0.4) is 0 Å². The fourth-order valence-corrected chi connectivity index (χ4v) is 3.58. The van der Waals surface area contributed by atoms with Gasteiger partial charge in [-0.25, -0.2) is 8.42 Å². The van der Waals surface area contributed by atoms with Crippen molar-refractivity contribution in [3.63, 3.8) is 0 Å². The summed E-state index contributed by atoms with van der Waals surface area (Å²) in [6, 6.07) is 16.3. The molecule has 0 N–H and O–H groups in total. The van der Waals surface area contributed by atoms with Gasteiger partial charge in [0.2, 0.25) is 27.6 Å². The SMILES string of the molecule is Cc1cccc(N(CC(=O)N(C)Cc2nc(-c3ccccc3)no2)S(C)(=O)=O)c1. The number of amides is 1. The molecule has 3 aromatic rings. The van der Waals surface area contributed by atoms with E-state index >= 15 is 0 Å². The number of carbonyl (C=O) groups excluding carboxylic acids is 1. The van der Waals surface area contributed by atoms with E-state index in [1.807, 2.05) is 43.3 Å². The average Bonchev–Trinajstić information content (AvgIpc) is 3.14. The number of hydrogen-bond donors (Lipinski definition) is 0. The summed E-state index contributed by atoms with van der Waals surface area (Å²) in [6.07, 6.45) is 1.08. The zero-order valence-corrected chi connectivity index (χ0v) is 17.3. The largest absolute Gasteiger partial charge is 0.337 e. The van der Waals surface area contributed by atoms with Crippen LogP contribution in [0, 0.1) is 6.92 Å². The van der Waals surface area contributed by atoms with Crippen molar-refractivity contribution in [3.05, 3.63) is 66.1 Å². The molecule has 2 aromatic carbocycles. The Balaban J connectivity index is 1.71. The van der Waals surface area contributed by atoms with Crippen molar-refractivity contribution >= 4 is 21.6 Å². The zero-order valence-electron chi connectivity index (χ0n) is 16.4. The van der Waals surface area contributed by atoms with E-state index in [4.69, 9.17) is 4.52 Å². The Labute approximate surface area is 169 Å². The molecule has 1 amide bonds. The number of aromatic nitrogens is 2. The van der Waals surface area contributed by atoms with Gasteiger partial charge < -0.3 is 9.42 Å². The van der Waals surface area contributed by atoms with E-state index < -0.39 is 15.9 Å². The summed E-state index contributed by atoms with van der Waals surface area (Å²) in [4.78, 5) is 18.3. The number of likely N-dealkylation sites (N-methyl/N-ethyl adjacent to an activating group) is 1. The third-order valence-electron chi connectivity index (χ3n) is 4.27. The topological polar surface area (TPSA) is 96.6 Å². The Bertz CT molecular complexity index is 1100. The Morgan fingerprint density at radius 3 is 2.48 bits per heavy atom. The number of anilines is 1. The summed E-state index contributed by atoms with van der Waals surface area (Å²) in [5.74, 6) is 0.302. The Kier molecular flexibility index (Phi) is 5.97. The molecule has 0 aliphatic heterocycles. The summed E-state index contributed by atoms with van der Waals surface area (Å²) in [5, 5.41) is 3.93. The second-order valence-electron chi connectivity index (χ2n) is 6.74. The van der Waals surface area contributed by atoms with Gasteiger partial charge in [-0.2, -0.15) is 4.98 Å². The maximum atomic E-state index is 12.7. The molecule has 0 spiro atoms. The van der Waals surface area contributed by atoms with Crippen LogP contribution < -0.4 is 4.31 Å². The third-order valence-corrected chi connectivity index (χ3v) is 5.41. The molecule has 0 bridgehead atoms. The fraction of sp³-hybridized carbons (Fsp3) is 0.250. The molecule has 0 aliphatic carbocycles. The lowest BCUT2D eigenvalue weighted by atomic mass is 10.2. The van der Waals surface area contributed by atoms with Crippen LogP contribution in [0.5, 0.6) is 0 Å². The molecule has 1 heterocycles. The Hall–Kier alpha value is -3.20. The van der Waals surface area contributed by atoms with Crippen molar-refractivity contribution < 1.29 is 17.7 Å². The summed E-state index contributed by atoms with van der Waals surface area (Å²) in [7, 11) is -2.07. The normalized spacial score (nSPS) is 11.3. The molecule has 0 saturated carbocycles. The van der Waals surface area contributed by atoms with E-state index in [0.717, 1.165) is 21.7 Å². The first-order chi connectivity index (χ1) is 13.7. The number of hydrogen-bond acceptors (Lipinski definition) is 6. The third kappa shape index (κ3) is 5.20. The van der Waals surface area contributed by atoms with Crippen LogP contribution >= 0.6 is 0 Å². The van der Waals surface area contributed by atoms with Crippen LogP contribution in [0.25, 0.3) is 11.4 Å². The van der Waals surface area contributed by atoms with Gasteiger partial charge >= 0.3 is 0 Å². The quantitative estimate of drug-likeness (QED) is 0.589. The average molecular weight is 414 g/mol. The van der Waals surface area contributed by atoms with Gasteiger partial charge in [-0.15, -0.1) is 0 Å². The monoisotopic (exact) mass is 414 g/mol. The first-order valence-electron chi connectivity index (χ1n) is 8.90. The Morgan fingerprint density at radius 2 is 1.83 bits per heavy atom. The van der Waals surface area contributed by atoms with Gasteiger partial charge in [0.15, 0.2) is 0 Å². The second kappa shape index (κ2) is 8.44. The van der Waals surface area contributed by atoms with Crippen molar-refractivity contribution in [1.29, 1.82) is 0 Å². The number of aryl methyl sites for hydroxylation is 1. The van der Waals surface area contributed by atoms with Gasteiger partial charge in [0.25, 0.3) is 0 Å². The smallest absolute Gasteiger partial charge is 0.246 e. The van der Waals surface area contributed by atoms with Crippen LogP contribution in [-0.4, -0.2) is 49.2 Å². The standard InChI is InChI=1S/C20H22N4O4S/c1-15-8-7-11-17(12-15)24(29(3,26)27)14-19(25)23(2)13-18-21-20(22-28-18)16-9-5-4-6-10-16/h4-12H,13-14H2,1-3H3. The van der Waals surface area contributed by atoms with Crippen molar-refractivity contribution in [1.82, 2.24) is 15.0 Å². The number of nitrogens with zero attached hydrogens (tertiary/aromatic N) is 4. The Morgan fingerprint density at radius 1 is 1.10 bits per heavy atom. The van der Waals surface area contributed by atoms with E-state index in [-0.39, 0.29) is 19.0 Å². The van der Waals surface area contributed by atoms with E-state index in [1.165, 1.54) is 4.90 Å².